The fourth-order valence-corrected chi connectivity index (χ4v) is 1.56. The molecule has 0 fully saturated rings. The van der Waals surface area contributed by atoms with Crippen molar-refractivity contribution in [1.82, 2.24) is 0 Å². The molecule has 0 saturated carbocycles. The van der Waals surface area contributed by atoms with Crippen molar-refractivity contribution in [3.05, 3.63) is 66.0 Å². The van der Waals surface area contributed by atoms with Gasteiger partial charge in [-0.3, -0.25) is 4.79 Å². The third kappa shape index (κ3) is 2.76. The molecule has 17 heavy (non-hydrogen) atoms. The van der Waals surface area contributed by atoms with Gasteiger partial charge in [-0.1, -0.05) is 18.2 Å². The van der Waals surface area contributed by atoms with Crippen LogP contribution in [0.5, 0.6) is 0 Å². The van der Waals surface area contributed by atoms with Crippen molar-refractivity contribution in [2.75, 3.05) is 0 Å². The minimum atomic E-state index is -0.00157. The first-order valence-corrected chi connectivity index (χ1v) is 5.27. The first-order chi connectivity index (χ1) is 8.29. The Kier molecular flexibility index (Phi) is 3.27. The minimum Gasteiger partial charge on any atom is -0.287 e. The lowest BCUT2D eigenvalue weighted by Gasteiger charge is -1.98. The molecule has 1 heterocycles. The number of hydrogen-bond acceptors (Lipinski definition) is 2. The predicted octanol–water partition coefficient (Wildman–Crippen LogP) is 1.73. The van der Waals surface area contributed by atoms with Gasteiger partial charge in [-0.2, -0.15) is 9.83 Å². The molecule has 0 spiro atoms. The lowest BCUT2D eigenvalue weighted by atomic mass is 10.1. The molecule has 3 nitrogen and oxygen atoms in total. The zero-order chi connectivity index (χ0) is 12.1. The number of aromatic nitrogens is 1. The van der Waals surface area contributed by atoms with Crippen LogP contribution < -0.4 is 4.57 Å². The van der Waals surface area contributed by atoms with Gasteiger partial charge in [-0.15, -0.1) is 0 Å². The quantitative estimate of drug-likeness (QED) is 0.587. The van der Waals surface area contributed by atoms with Gasteiger partial charge in [0.25, 0.3) is 0 Å². The number of ketones is 1. The SMILES string of the molecule is N#Cc1cccc(C(=O)C[n+]2ccccc2)c1. The topological polar surface area (TPSA) is 44.7 Å². The van der Waals surface area contributed by atoms with Crippen LogP contribution in [0.25, 0.3) is 0 Å². The number of carbonyl (C=O) groups is 1. The zero-order valence-electron chi connectivity index (χ0n) is 9.21. The lowest BCUT2D eigenvalue weighted by molar-refractivity contribution is -0.683. The van der Waals surface area contributed by atoms with Crippen molar-refractivity contribution >= 4 is 5.78 Å². The van der Waals surface area contributed by atoms with E-state index < -0.39 is 0 Å². The summed E-state index contributed by atoms with van der Waals surface area (Å²) in [7, 11) is 0. The summed E-state index contributed by atoms with van der Waals surface area (Å²) in [6, 6.07) is 14.4. The largest absolute Gasteiger partial charge is 0.287 e. The van der Waals surface area contributed by atoms with Gasteiger partial charge in [0.15, 0.2) is 12.4 Å². The summed E-state index contributed by atoms with van der Waals surface area (Å²) in [5.41, 5.74) is 1.08. The van der Waals surface area contributed by atoms with Crippen molar-refractivity contribution < 1.29 is 9.36 Å². The normalized spacial score (nSPS) is 9.59. The first-order valence-electron chi connectivity index (χ1n) is 5.27. The molecular weight excluding hydrogens is 212 g/mol. The van der Waals surface area contributed by atoms with Crippen molar-refractivity contribution in [2.45, 2.75) is 6.54 Å². The summed E-state index contributed by atoms with van der Waals surface area (Å²) in [5, 5.41) is 8.77. The Labute approximate surface area is 99.6 Å². The van der Waals surface area contributed by atoms with Gasteiger partial charge in [0.1, 0.15) is 0 Å². The van der Waals surface area contributed by atoms with Gasteiger partial charge in [0.05, 0.1) is 11.6 Å². The van der Waals surface area contributed by atoms with Crippen molar-refractivity contribution in [1.29, 1.82) is 5.26 Å². The third-order valence-corrected chi connectivity index (χ3v) is 2.42. The molecule has 0 aliphatic heterocycles. The molecule has 3 heteroatoms. The second kappa shape index (κ2) is 5.04. The molecule has 0 unspecified atom stereocenters. The highest BCUT2D eigenvalue weighted by atomic mass is 16.1. The van der Waals surface area contributed by atoms with Crippen LogP contribution >= 0.6 is 0 Å². The first kappa shape index (κ1) is 11.0. The van der Waals surface area contributed by atoms with Crippen LogP contribution in [0.4, 0.5) is 0 Å². The molecule has 0 bridgehead atoms. The number of nitrogens with zero attached hydrogens (tertiary/aromatic N) is 2. The number of rotatable bonds is 3. The smallest absolute Gasteiger partial charge is 0.227 e. The van der Waals surface area contributed by atoms with Crippen LogP contribution in [0.15, 0.2) is 54.9 Å². The van der Waals surface area contributed by atoms with Gasteiger partial charge in [-0.25, -0.2) is 0 Å². The molecule has 0 aliphatic carbocycles. The summed E-state index contributed by atoms with van der Waals surface area (Å²) >= 11 is 0. The number of carbonyl (C=O) groups excluding carboxylic acids is 1. The van der Waals surface area contributed by atoms with Crippen LogP contribution in [0, 0.1) is 11.3 Å². The maximum absolute atomic E-state index is 12.0. The Hall–Kier alpha value is -2.47. The van der Waals surface area contributed by atoms with E-state index in [0.717, 1.165) is 0 Å². The van der Waals surface area contributed by atoms with Crippen LogP contribution in [-0.4, -0.2) is 5.78 Å². The van der Waals surface area contributed by atoms with Crippen LogP contribution in [-0.2, 0) is 6.54 Å². The molecule has 0 atom stereocenters. The Morgan fingerprint density at radius 2 is 1.94 bits per heavy atom. The summed E-state index contributed by atoms with van der Waals surface area (Å²) < 4.78 is 1.81. The maximum atomic E-state index is 12.0. The molecule has 0 N–H and O–H groups in total. The second-order valence-corrected chi connectivity index (χ2v) is 3.66. The van der Waals surface area contributed by atoms with E-state index in [1.807, 2.05) is 36.7 Å². The molecule has 0 amide bonds. The average Bonchev–Trinajstić information content (AvgIpc) is 2.40. The molecule has 1 aromatic heterocycles. The molecule has 2 rings (SSSR count). The summed E-state index contributed by atoms with van der Waals surface area (Å²) in [4.78, 5) is 12.0. The van der Waals surface area contributed by atoms with E-state index in [4.69, 9.17) is 5.26 Å². The summed E-state index contributed by atoms with van der Waals surface area (Å²) in [6.07, 6.45) is 3.68. The Morgan fingerprint density at radius 1 is 1.18 bits per heavy atom. The molecule has 1 aromatic carbocycles. The standard InChI is InChI=1S/C14H11N2O/c15-10-12-5-4-6-13(9-12)14(17)11-16-7-2-1-3-8-16/h1-9H,11H2/q+1. The number of nitriles is 1. The fourth-order valence-electron chi connectivity index (χ4n) is 1.56. The number of pyridine rings is 1. The lowest BCUT2D eigenvalue weighted by Crippen LogP contribution is -2.36. The molecular formula is C14H11N2O+. The molecule has 0 aliphatic rings. The van der Waals surface area contributed by atoms with E-state index in [1.54, 1.807) is 28.8 Å². The van der Waals surface area contributed by atoms with E-state index in [0.29, 0.717) is 11.1 Å². The molecule has 0 saturated heterocycles. The molecule has 0 radical (unpaired) electrons. The third-order valence-electron chi connectivity index (χ3n) is 2.42. The summed E-state index contributed by atoms with van der Waals surface area (Å²) in [5.74, 6) is -0.00157. The van der Waals surface area contributed by atoms with E-state index >= 15 is 0 Å². The van der Waals surface area contributed by atoms with Crippen LogP contribution in [0.1, 0.15) is 15.9 Å². The summed E-state index contributed by atoms with van der Waals surface area (Å²) in [6.45, 7) is 0.287. The monoisotopic (exact) mass is 223 g/mol. The van der Waals surface area contributed by atoms with Gasteiger partial charge >= 0.3 is 0 Å². The highest BCUT2D eigenvalue weighted by Gasteiger charge is 2.11. The number of benzene rings is 1. The molecule has 82 valence electrons. The Balaban J connectivity index is 2.18. The highest BCUT2D eigenvalue weighted by Crippen LogP contribution is 2.05. The van der Waals surface area contributed by atoms with E-state index in [1.165, 1.54) is 0 Å². The predicted molar refractivity (Wildman–Crippen MR) is 62.1 cm³/mol. The highest BCUT2D eigenvalue weighted by molar-refractivity contribution is 5.95. The molecule has 2 aromatic rings. The second-order valence-electron chi connectivity index (χ2n) is 3.66. The van der Waals surface area contributed by atoms with Gasteiger partial charge in [0, 0.05) is 17.7 Å². The maximum Gasteiger partial charge on any atom is 0.227 e. The van der Waals surface area contributed by atoms with Gasteiger partial charge < -0.3 is 0 Å². The minimum absolute atomic E-state index is 0.00157. The van der Waals surface area contributed by atoms with E-state index in [2.05, 4.69) is 0 Å². The fraction of sp³-hybridized carbons (Fsp3) is 0.0714. The van der Waals surface area contributed by atoms with Gasteiger partial charge in [-0.05, 0) is 12.1 Å². The van der Waals surface area contributed by atoms with Crippen LogP contribution in [0.3, 0.4) is 0 Å². The Morgan fingerprint density at radius 3 is 2.65 bits per heavy atom. The number of hydrogen-bond donors (Lipinski definition) is 0. The average molecular weight is 223 g/mol. The van der Waals surface area contributed by atoms with Crippen LogP contribution in [0.2, 0.25) is 0 Å². The Bertz CT molecular complexity index is 570. The van der Waals surface area contributed by atoms with E-state index in [-0.39, 0.29) is 12.3 Å². The van der Waals surface area contributed by atoms with Crippen molar-refractivity contribution in [3.8, 4) is 6.07 Å². The van der Waals surface area contributed by atoms with Crippen molar-refractivity contribution in [2.24, 2.45) is 0 Å². The van der Waals surface area contributed by atoms with Gasteiger partial charge in [0.2, 0.25) is 12.3 Å². The number of Topliss-reactive ketones (excluding diaryl/α,β-unsaturated/α-hetero) is 1. The van der Waals surface area contributed by atoms with E-state index in [9.17, 15) is 4.79 Å². The van der Waals surface area contributed by atoms with Crippen molar-refractivity contribution in [3.63, 3.8) is 0 Å². The zero-order valence-corrected chi connectivity index (χ0v) is 9.21.